The van der Waals surface area contributed by atoms with Crippen molar-refractivity contribution in [3.8, 4) is 6.07 Å². The van der Waals surface area contributed by atoms with E-state index in [1.165, 1.54) is 103 Å². The minimum Gasteiger partial charge on any atom is -0.198 e. The van der Waals surface area contributed by atoms with Gasteiger partial charge in [0.1, 0.15) is 0 Å². The highest BCUT2D eigenvalue weighted by molar-refractivity contribution is 4.81. The number of nitrogens with zero attached hydrogens (tertiary/aromatic N) is 1. The van der Waals surface area contributed by atoms with Gasteiger partial charge in [-0.25, -0.2) is 0 Å². The number of nitriles is 1. The van der Waals surface area contributed by atoms with Gasteiger partial charge in [0.2, 0.25) is 0 Å². The van der Waals surface area contributed by atoms with Gasteiger partial charge in [-0.2, -0.15) is 5.26 Å². The van der Waals surface area contributed by atoms with Gasteiger partial charge in [0.25, 0.3) is 0 Å². The highest BCUT2D eigenvalue weighted by atomic mass is 14.2. The molecule has 0 aliphatic heterocycles. The number of hydrogen-bond acceptors (Lipinski definition) is 1. The van der Waals surface area contributed by atoms with Crippen LogP contribution in [-0.4, -0.2) is 0 Å². The Morgan fingerprint density at radius 1 is 0.565 bits per heavy atom. The van der Waals surface area contributed by atoms with Crippen molar-refractivity contribution in [1.82, 2.24) is 0 Å². The van der Waals surface area contributed by atoms with E-state index < -0.39 is 0 Å². The number of hydrogen-bond donors (Lipinski definition) is 0. The van der Waals surface area contributed by atoms with Crippen molar-refractivity contribution in [3.63, 3.8) is 0 Å². The Labute approximate surface area is 146 Å². The van der Waals surface area contributed by atoms with E-state index >= 15 is 0 Å². The first kappa shape index (κ1) is 22.2. The van der Waals surface area contributed by atoms with E-state index in [1.54, 1.807) is 0 Å². The molecule has 23 heavy (non-hydrogen) atoms. The van der Waals surface area contributed by atoms with E-state index in [9.17, 15) is 0 Å². The molecule has 0 heterocycles. The predicted octanol–water partition coefficient (Wildman–Crippen LogP) is 8.11. The minimum absolute atomic E-state index is 0.742. The summed E-state index contributed by atoms with van der Waals surface area (Å²) < 4.78 is 0. The van der Waals surface area contributed by atoms with Crippen LogP contribution >= 0.6 is 0 Å². The van der Waals surface area contributed by atoms with Gasteiger partial charge in [-0.15, -0.1) is 0 Å². The molecule has 0 N–H and O–H groups in total. The molecular weight excluding hydrogens is 278 g/mol. The minimum atomic E-state index is 0.742. The average molecular weight is 320 g/mol. The van der Waals surface area contributed by atoms with Gasteiger partial charge < -0.3 is 0 Å². The number of unbranched alkanes of at least 4 members (excludes halogenated alkanes) is 16. The monoisotopic (exact) mass is 319 g/mol. The summed E-state index contributed by atoms with van der Waals surface area (Å²) in [6.45, 7) is 2.28. The Morgan fingerprint density at radius 3 is 1.39 bits per heavy atom. The molecular formula is C22H41N. The predicted molar refractivity (Wildman–Crippen MR) is 104 cm³/mol. The van der Waals surface area contributed by atoms with Gasteiger partial charge in [0, 0.05) is 6.42 Å². The second-order valence-electron chi connectivity index (χ2n) is 6.91. The maximum Gasteiger partial charge on any atom is 0.0621 e. The summed E-state index contributed by atoms with van der Waals surface area (Å²) in [5.74, 6) is 0. The van der Waals surface area contributed by atoms with Crippen molar-refractivity contribution in [3.05, 3.63) is 12.2 Å². The maximum atomic E-state index is 8.46. The summed E-state index contributed by atoms with van der Waals surface area (Å²) in [6.07, 6.45) is 28.5. The highest BCUT2D eigenvalue weighted by Crippen LogP contribution is 2.12. The van der Waals surface area contributed by atoms with Gasteiger partial charge in [-0.05, 0) is 32.1 Å². The van der Waals surface area contributed by atoms with Crippen molar-refractivity contribution >= 4 is 0 Å². The fourth-order valence-corrected chi connectivity index (χ4v) is 2.98. The topological polar surface area (TPSA) is 23.8 Å². The zero-order valence-corrected chi connectivity index (χ0v) is 15.8. The van der Waals surface area contributed by atoms with Crippen molar-refractivity contribution < 1.29 is 0 Å². The maximum absolute atomic E-state index is 8.46. The number of rotatable bonds is 18. The Hall–Kier alpha value is -0.770. The van der Waals surface area contributed by atoms with Gasteiger partial charge in [0.05, 0.1) is 6.07 Å². The molecule has 0 aliphatic rings. The molecule has 0 atom stereocenters. The molecule has 1 nitrogen and oxygen atoms in total. The van der Waals surface area contributed by atoms with Crippen LogP contribution in [0.1, 0.15) is 122 Å². The summed E-state index contributed by atoms with van der Waals surface area (Å²) in [6, 6.07) is 2.22. The normalized spacial score (nSPS) is 11.1. The van der Waals surface area contributed by atoms with Crippen LogP contribution in [0.3, 0.4) is 0 Å². The summed E-state index contributed by atoms with van der Waals surface area (Å²) in [4.78, 5) is 0. The van der Waals surface area contributed by atoms with Gasteiger partial charge in [0.15, 0.2) is 0 Å². The van der Waals surface area contributed by atoms with E-state index in [0.717, 1.165) is 12.8 Å². The smallest absolute Gasteiger partial charge is 0.0621 e. The molecule has 0 saturated carbocycles. The molecule has 0 fully saturated rings. The van der Waals surface area contributed by atoms with Crippen LogP contribution in [0.5, 0.6) is 0 Å². The lowest BCUT2D eigenvalue weighted by Gasteiger charge is -2.01. The fourth-order valence-electron chi connectivity index (χ4n) is 2.98. The van der Waals surface area contributed by atoms with Crippen LogP contribution < -0.4 is 0 Å². The Bertz CT molecular complexity index is 274. The van der Waals surface area contributed by atoms with Crippen LogP contribution in [0, 0.1) is 11.3 Å². The summed E-state index contributed by atoms with van der Waals surface area (Å²) in [7, 11) is 0. The van der Waals surface area contributed by atoms with Crippen LogP contribution in [0.25, 0.3) is 0 Å². The SMILES string of the molecule is CCCCCCCC/C=C\CCCCCCCCCCCC#N. The summed E-state index contributed by atoms with van der Waals surface area (Å²) in [5.41, 5.74) is 0. The third-order valence-corrected chi connectivity index (χ3v) is 4.55. The highest BCUT2D eigenvalue weighted by Gasteiger charge is 1.92. The fraction of sp³-hybridized carbons (Fsp3) is 0.864. The molecule has 0 amide bonds. The molecule has 0 radical (unpaired) electrons. The van der Waals surface area contributed by atoms with E-state index in [0.29, 0.717) is 0 Å². The Morgan fingerprint density at radius 2 is 0.957 bits per heavy atom. The van der Waals surface area contributed by atoms with Crippen molar-refractivity contribution in [2.75, 3.05) is 0 Å². The summed E-state index contributed by atoms with van der Waals surface area (Å²) in [5, 5.41) is 8.46. The molecule has 0 aliphatic carbocycles. The van der Waals surface area contributed by atoms with Gasteiger partial charge >= 0.3 is 0 Å². The van der Waals surface area contributed by atoms with Crippen LogP contribution in [0.2, 0.25) is 0 Å². The van der Waals surface area contributed by atoms with Crippen LogP contribution in [0.15, 0.2) is 12.2 Å². The second kappa shape index (κ2) is 21.2. The Kier molecular flexibility index (Phi) is 20.5. The molecule has 0 unspecified atom stereocenters. The molecule has 0 bridgehead atoms. The van der Waals surface area contributed by atoms with E-state index in [1.807, 2.05) is 0 Å². The van der Waals surface area contributed by atoms with Crippen LogP contribution in [0.4, 0.5) is 0 Å². The first-order valence-electron chi connectivity index (χ1n) is 10.4. The molecule has 0 rings (SSSR count). The molecule has 1 heteroatoms. The second-order valence-corrected chi connectivity index (χ2v) is 6.91. The quantitative estimate of drug-likeness (QED) is 0.185. The molecule has 0 aromatic heterocycles. The van der Waals surface area contributed by atoms with Crippen molar-refractivity contribution in [2.24, 2.45) is 0 Å². The van der Waals surface area contributed by atoms with Crippen LogP contribution in [-0.2, 0) is 0 Å². The third-order valence-electron chi connectivity index (χ3n) is 4.55. The zero-order valence-electron chi connectivity index (χ0n) is 15.8. The van der Waals surface area contributed by atoms with E-state index in [-0.39, 0.29) is 0 Å². The lowest BCUT2D eigenvalue weighted by molar-refractivity contribution is 0.562. The first-order chi connectivity index (χ1) is 11.4. The zero-order chi connectivity index (χ0) is 16.8. The summed E-state index contributed by atoms with van der Waals surface area (Å²) >= 11 is 0. The molecule has 134 valence electrons. The molecule has 0 aromatic rings. The first-order valence-corrected chi connectivity index (χ1v) is 10.4. The van der Waals surface area contributed by atoms with E-state index in [4.69, 9.17) is 5.26 Å². The van der Waals surface area contributed by atoms with Crippen molar-refractivity contribution in [1.29, 1.82) is 5.26 Å². The van der Waals surface area contributed by atoms with Crippen molar-refractivity contribution in [2.45, 2.75) is 122 Å². The molecule has 0 aromatic carbocycles. The molecule has 0 spiro atoms. The Balaban J connectivity index is 3.04. The van der Waals surface area contributed by atoms with E-state index in [2.05, 4.69) is 25.1 Å². The third kappa shape index (κ3) is 21.2. The lowest BCUT2D eigenvalue weighted by Crippen LogP contribution is -1.81. The van der Waals surface area contributed by atoms with Gasteiger partial charge in [-0.1, -0.05) is 96.1 Å². The lowest BCUT2D eigenvalue weighted by atomic mass is 10.1. The standard InChI is InChI=1S/C22H41N/c1-2-3-4-5-6-7-8-9-10-11-12-13-14-15-16-17-18-19-20-21-22-23/h9-10H,2-8,11-21H2,1H3/b10-9-. The average Bonchev–Trinajstić information content (AvgIpc) is 2.57. The molecule has 0 saturated heterocycles. The largest absolute Gasteiger partial charge is 0.198 e. The van der Waals surface area contributed by atoms with Gasteiger partial charge in [-0.3, -0.25) is 0 Å². The number of allylic oxidation sites excluding steroid dienone is 2.